The third-order valence-corrected chi connectivity index (χ3v) is 4.67. The molecular formula is C17H20BrClN2O2. The predicted molar refractivity (Wildman–Crippen MR) is 97.4 cm³/mol. The van der Waals surface area contributed by atoms with E-state index < -0.39 is 0 Å². The van der Waals surface area contributed by atoms with Crippen LogP contribution in [0.2, 0.25) is 5.02 Å². The molecule has 0 atom stereocenters. The molecule has 0 radical (unpaired) electrons. The summed E-state index contributed by atoms with van der Waals surface area (Å²) in [5, 5.41) is 5.13. The average Bonchev–Trinajstić information content (AvgIpc) is 2.56. The van der Waals surface area contributed by atoms with Crippen molar-refractivity contribution in [1.82, 2.24) is 4.98 Å². The van der Waals surface area contributed by atoms with Crippen LogP contribution in [-0.2, 0) is 9.47 Å². The molecule has 2 aromatic rings. The van der Waals surface area contributed by atoms with Crippen molar-refractivity contribution in [1.29, 1.82) is 0 Å². The molecule has 1 fully saturated rings. The number of nitrogens with zero attached hydrogens (tertiary/aromatic N) is 1. The van der Waals surface area contributed by atoms with Crippen LogP contribution in [0.4, 0.5) is 5.69 Å². The summed E-state index contributed by atoms with van der Waals surface area (Å²) < 4.78 is 12.2. The van der Waals surface area contributed by atoms with Gasteiger partial charge in [-0.15, -0.1) is 0 Å². The van der Waals surface area contributed by atoms with Gasteiger partial charge in [-0.2, -0.15) is 0 Å². The molecule has 3 rings (SSSR count). The van der Waals surface area contributed by atoms with Gasteiger partial charge in [0.1, 0.15) is 0 Å². The highest BCUT2D eigenvalue weighted by atomic mass is 79.9. The van der Waals surface area contributed by atoms with Gasteiger partial charge in [-0.3, -0.25) is 4.98 Å². The zero-order valence-corrected chi connectivity index (χ0v) is 15.2. The summed E-state index contributed by atoms with van der Waals surface area (Å²) >= 11 is 9.74. The highest BCUT2D eigenvalue weighted by molar-refractivity contribution is 9.10. The molecule has 2 heterocycles. The SMILES string of the molecule is Clc1cc(Br)cc2c(NCCCOC3CCOCC3)ccnc12. The van der Waals surface area contributed by atoms with Gasteiger partial charge in [0.2, 0.25) is 0 Å². The first-order valence-electron chi connectivity index (χ1n) is 7.91. The van der Waals surface area contributed by atoms with E-state index in [1.165, 1.54) is 0 Å². The second-order valence-corrected chi connectivity index (χ2v) is 6.93. The highest BCUT2D eigenvalue weighted by Gasteiger charge is 2.13. The third kappa shape index (κ3) is 4.57. The Bertz CT molecular complexity index is 662. The van der Waals surface area contributed by atoms with Gasteiger partial charge in [-0.05, 0) is 37.5 Å². The molecule has 4 nitrogen and oxygen atoms in total. The van der Waals surface area contributed by atoms with Gasteiger partial charge < -0.3 is 14.8 Å². The molecule has 1 N–H and O–H groups in total. The minimum absolute atomic E-state index is 0.361. The largest absolute Gasteiger partial charge is 0.384 e. The molecule has 1 aliphatic heterocycles. The van der Waals surface area contributed by atoms with Crippen LogP contribution >= 0.6 is 27.5 Å². The van der Waals surface area contributed by atoms with E-state index in [9.17, 15) is 0 Å². The van der Waals surface area contributed by atoms with Gasteiger partial charge in [0, 0.05) is 48.1 Å². The second-order valence-electron chi connectivity index (χ2n) is 5.61. The summed E-state index contributed by atoms with van der Waals surface area (Å²) in [6.07, 6.45) is 5.12. The van der Waals surface area contributed by atoms with Crippen LogP contribution < -0.4 is 5.32 Å². The van der Waals surface area contributed by atoms with E-state index in [1.807, 2.05) is 18.2 Å². The third-order valence-electron chi connectivity index (χ3n) is 3.92. The maximum absolute atomic E-state index is 6.25. The highest BCUT2D eigenvalue weighted by Crippen LogP contribution is 2.31. The standard InChI is InChI=1S/C17H20BrClN2O2/c18-12-10-14-16(2-6-21-17(14)15(19)11-12)20-5-1-7-23-13-3-8-22-9-4-13/h2,6,10-11,13H,1,3-5,7-9H2,(H,20,21). The van der Waals surface area contributed by atoms with Crippen LogP contribution in [0.5, 0.6) is 0 Å². The molecule has 1 aromatic carbocycles. The maximum Gasteiger partial charge on any atom is 0.0909 e. The molecule has 0 spiro atoms. The fraction of sp³-hybridized carbons (Fsp3) is 0.471. The Morgan fingerprint density at radius 2 is 2.17 bits per heavy atom. The summed E-state index contributed by atoms with van der Waals surface area (Å²) in [6.45, 7) is 3.26. The van der Waals surface area contributed by atoms with E-state index in [0.717, 1.165) is 66.7 Å². The number of pyridine rings is 1. The molecule has 23 heavy (non-hydrogen) atoms. The van der Waals surface area contributed by atoms with Gasteiger partial charge in [-0.1, -0.05) is 27.5 Å². The Hall–Kier alpha value is -0.880. The number of anilines is 1. The Balaban J connectivity index is 1.53. The summed E-state index contributed by atoms with van der Waals surface area (Å²) in [4.78, 5) is 4.36. The van der Waals surface area contributed by atoms with Crippen molar-refractivity contribution in [3.63, 3.8) is 0 Å². The van der Waals surface area contributed by atoms with E-state index in [-0.39, 0.29) is 0 Å². The van der Waals surface area contributed by atoms with Gasteiger partial charge in [-0.25, -0.2) is 0 Å². The lowest BCUT2D eigenvalue weighted by atomic mass is 10.1. The Morgan fingerprint density at radius 3 is 3.00 bits per heavy atom. The van der Waals surface area contributed by atoms with Crippen molar-refractivity contribution < 1.29 is 9.47 Å². The molecule has 1 saturated heterocycles. The average molecular weight is 400 g/mol. The Kier molecular flexibility index (Phi) is 6.11. The number of hydrogen-bond acceptors (Lipinski definition) is 4. The molecule has 1 aromatic heterocycles. The Labute approximate surface area is 149 Å². The monoisotopic (exact) mass is 398 g/mol. The number of benzene rings is 1. The molecule has 0 bridgehead atoms. The summed E-state index contributed by atoms with van der Waals surface area (Å²) in [5.74, 6) is 0. The molecule has 0 amide bonds. The van der Waals surface area contributed by atoms with E-state index in [0.29, 0.717) is 11.1 Å². The molecule has 0 unspecified atom stereocenters. The van der Waals surface area contributed by atoms with Crippen LogP contribution in [0.1, 0.15) is 19.3 Å². The van der Waals surface area contributed by atoms with Crippen molar-refractivity contribution in [2.24, 2.45) is 0 Å². The van der Waals surface area contributed by atoms with Gasteiger partial charge in [0.15, 0.2) is 0 Å². The lowest BCUT2D eigenvalue weighted by Gasteiger charge is -2.22. The second kappa shape index (κ2) is 8.29. The van der Waals surface area contributed by atoms with Crippen LogP contribution in [-0.4, -0.2) is 37.5 Å². The lowest BCUT2D eigenvalue weighted by molar-refractivity contribution is -0.0316. The van der Waals surface area contributed by atoms with E-state index in [4.69, 9.17) is 21.1 Å². The van der Waals surface area contributed by atoms with Crippen LogP contribution in [0.15, 0.2) is 28.9 Å². The quantitative estimate of drug-likeness (QED) is 0.718. The van der Waals surface area contributed by atoms with Crippen molar-refractivity contribution in [2.75, 3.05) is 31.7 Å². The predicted octanol–water partition coefficient (Wildman–Crippen LogP) is 4.65. The maximum atomic E-state index is 6.25. The number of halogens is 2. The Morgan fingerprint density at radius 1 is 1.35 bits per heavy atom. The fourth-order valence-electron chi connectivity index (χ4n) is 2.72. The number of rotatable bonds is 6. The number of aromatic nitrogens is 1. The smallest absolute Gasteiger partial charge is 0.0909 e. The topological polar surface area (TPSA) is 43.4 Å². The van der Waals surface area contributed by atoms with Crippen molar-refractivity contribution >= 4 is 44.1 Å². The number of ether oxygens (including phenoxy) is 2. The fourth-order valence-corrected chi connectivity index (χ4v) is 3.58. The van der Waals surface area contributed by atoms with E-state index in [2.05, 4.69) is 26.2 Å². The first-order chi connectivity index (χ1) is 11.2. The van der Waals surface area contributed by atoms with Gasteiger partial charge in [0.05, 0.1) is 16.6 Å². The van der Waals surface area contributed by atoms with E-state index >= 15 is 0 Å². The molecule has 1 aliphatic rings. The van der Waals surface area contributed by atoms with Crippen molar-refractivity contribution in [3.05, 3.63) is 33.9 Å². The summed E-state index contributed by atoms with van der Waals surface area (Å²) in [6, 6.07) is 5.88. The molecular weight excluding hydrogens is 380 g/mol. The zero-order valence-electron chi connectivity index (χ0n) is 12.9. The number of fused-ring (bicyclic) bond motifs is 1. The molecule has 124 valence electrons. The first-order valence-corrected chi connectivity index (χ1v) is 9.08. The van der Waals surface area contributed by atoms with Gasteiger partial charge >= 0.3 is 0 Å². The number of nitrogens with one attached hydrogen (secondary N) is 1. The normalized spacial score (nSPS) is 15.9. The molecule has 6 heteroatoms. The minimum atomic E-state index is 0.361. The van der Waals surface area contributed by atoms with Crippen LogP contribution in [0, 0.1) is 0 Å². The zero-order chi connectivity index (χ0) is 16.1. The van der Waals surface area contributed by atoms with Crippen LogP contribution in [0.25, 0.3) is 10.9 Å². The van der Waals surface area contributed by atoms with Crippen molar-refractivity contribution in [3.8, 4) is 0 Å². The molecule has 0 aliphatic carbocycles. The van der Waals surface area contributed by atoms with Gasteiger partial charge in [0.25, 0.3) is 0 Å². The minimum Gasteiger partial charge on any atom is -0.384 e. The van der Waals surface area contributed by atoms with Crippen molar-refractivity contribution in [2.45, 2.75) is 25.4 Å². The lowest BCUT2D eigenvalue weighted by Crippen LogP contribution is -2.24. The van der Waals surface area contributed by atoms with E-state index in [1.54, 1.807) is 6.20 Å². The molecule has 0 saturated carbocycles. The van der Waals surface area contributed by atoms with Crippen LogP contribution in [0.3, 0.4) is 0 Å². The summed E-state index contributed by atoms with van der Waals surface area (Å²) in [5.41, 5.74) is 1.86. The first kappa shape index (κ1) is 17.0. The number of hydrogen-bond donors (Lipinski definition) is 1. The summed E-state index contributed by atoms with van der Waals surface area (Å²) in [7, 11) is 0.